The lowest BCUT2D eigenvalue weighted by Crippen LogP contribution is -1.77. The molecule has 0 amide bonds. The average Bonchev–Trinajstić information content (AvgIpc) is 3.10. The summed E-state index contributed by atoms with van der Waals surface area (Å²) in [6, 6.07) is 17.3. The van der Waals surface area contributed by atoms with Gasteiger partial charge in [-0.2, -0.15) is 5.21 Å². The van der Waals surface area contributed by atoms with Crippen molar-refractivity contribution in [2.75, 3.05) is 0 Å². The third-order valence-corrected chi connectivity index (χ3v) is 2.98. The van der Waals surface area contributed by atoms with E-state index in [0.717, 1.165) is 6.42 Å². The summed E-state index contributed by atoms with van der Waals surface area (Å²) in [4.78, 5) is 0. The Morgan fingerprint density at radius 2 is 1.44 bits per heavy atom. The Morgan fingerprint density at radius 1 is 0.833 bits per heavy atom. The van der Waals surface area contributed by atoms with Crippen molar-refractivity contribution in [1.29, 1.82) is 0 Å². The second kappa shape index (κ2) is 4.79. The quantitative estimate of drug-likeness (QED) is 0.510. The number of nitrogens with zero attached hydrogens (tertiary/aromatic N) is 3. The lowest BCUT2D eigenvalue weighted by Gasteiger charge is -1.98. The molecule has 1 aliphatic rings. The van der Waals surface area contributed by atoms with Gasteiger partial charge < -0.3 is 0 Å². The molecule has 4 nitrogen and oxygen atoms in total. The van der Waals surface area contributed by atoms with Crippen LogP contribution in [0.5, 0.6) is 0 Å². The Balaban J connectivity index is 0.000000169. The van der Waals surface area contributed by atoms with E-state index in [1.165, 1.54) is 28.6 Å². The van der Waals surface area contributed by atoms with Crippen LogP contribution in [0.2, 0.25) is 0 Å². The van der Waals surface area contributed by atoms with Gasteiger partial charge in [0.25, 0.3) is 0 Å². The maximum Gasteiger partial charge on any atom is 0.161 e. The van der Waals surface area contributed by atoms with Crippen LogP contribution in [0.15, 0.2) is 54.9 Å². The second-order valence-electron chi connectivity index (χ2n) is 4.05. The molecule has 0 bridgehead atoms. The number of aromatic nitrogens is 4. The van der Waals surface area contributed by atoms with Gasteiger partial charge in [-0.05, 0) is 28.7 Å². The first-order valence-corrected chi connectivity index (χ1v) is 5.78. The Morgan fingerprint density at radius 3 is 1.89 bits per heavy atom. The maximum atomic E-state index is 3.38. The van der Waals surface area contributed by atoms with Crippen LogP contribution < -0.4 is 0 Å². The molecular formula is C14H12N4. The molecule has 1 N–H and O–H groups in total. The molecule has 1 aliphatic carbocycles. The summed E-state index contributed by atoms with van der Waals surface area (Å²) in [6.45, 7) is 0. The van der Waals surface area contributed by atoms with Gasteiger partial charge in [-0.15, -0.1) is 10.2 Å². The van der Waals surface area contributed by atoms with Crippen LogP contribution in [0.25, 0.3) is 11.1 Å². The van der Waals surface area contributed by atoms with Crippen molar-refractivity contribution >= 4 is 0 Å². The standard InChI is InChI=1S/C13H10.CH2N4/c1-3-7-12-10(5-1)9-11-6-2-4-8-13(11)12;1-2-4-5-3-1/h1-8H,9H2;1H,(H,2,3,4,5). The minimum Gasteiger partial charge on any atom is -0.177 e. The molecule has 0 radical (unpaired) electrons. The lowest BCUT2D eigenvalue weighted by molar-refractivity contribution is 0.881. The van der Waals surface area contributed by atoms with Gasteiger partial charge in [0.05, 0.1) is 0 Å². The predicted molar refractivity (Wildman–Crippen MR) is 68.9 cm³/mol. The van der Waals surface area contributed by atoms with Gasteiger partial charge in [-0.3, -0.25) is 0 Å². The summed E-state index contributed by atoms with van der Waals surface area (Å²) in [7, 11) is 0. The van der Waals surface area contributed by atoms with Crippen LogP contribution in [-0.4, -0.2) is 20.6 Å². The van der Waals surface area contributed by atoms with Crippen LogP contribution in [0, 0.1) is 0 Å². The minimum atomic E-state index is 1.10. The number of fused-ring (bicyclic) bond motifs is 3. The van der Waals surface area contributed by atoms with Crippen molar-refractivity contribution in [2.24, 2.45) is 0 Å². The third-order valence-electron chi connectivity index (χ3n) is 2.98. The number of nitrogens with one attached hydrogen (secondary N) is 1. The minimum absolute atomic E-state index is 1.10. The molecule has 0 saturated heterocycles. The lowest BCUT2D eigenvalue weighted by atomic mass is 10.1. The van der Waals surface area contributed by atoms with Crippen LogP contribution >= 0.6 is 0 Å². The zero-order valence-electron chi connectivity index (χ0n) is 9.74. The molecule has 0 spiro atoms. The molecule has 4 heteroatoms. The van der Waals surface area contributed by atoms with Crippen molar-refractivity contribution in [3.8, 4) is 11.1 Å². The van der Waals surface area contributed by atoms with Crippen molar-refractivity contribution in [3.63, 3.8) is 0 Å². The number of benzene rings is 2. The van der Waals surface area contributed by atoms with Crippen LogP contribution in [0.4, 0.5) is 0 Å². The highest BCUT2D eigenvalue weighted by molar-refractivity contribution is 5.76. The molecule has 0 unspecified atom stereocenters. The SMILES string of the molecule is c1ccc2c(c1)Cc1ccccc1-2.c1nn[nH]n1. The highest BCUT2D eigenvalue weighted by atomic mass is 15.5. The third kappa shape index (κ3) is 2.00. The van der Waals surface area contributed by atoms with Gasteiger partial charge in [0.2, 0.25) is 0 Å². The fraction of sp³-hybridized carbons (Fsp3) is 0.0714. The smallest absolute Gasteiger partial charge is 0.161 e. The highest BCUT2D eigenvalue weighted by Gasteiger charge is 2.15. The van der Waals surface area contributed by atoms with E-state index in [2.05, 4.69) is 69.2 Å². The Kier molecular flexibility index (Phi) is 2.84. The summed E-state index contributed by atoms with van der Waals surface area (Å²) in [5.41, 5.74) is 5.75. The van der Waals surface area contributed by atoms with Crippen LogP contribution in [0.3, 0.4) is 0 Å². The first-order chi connectivity index (χ1) is 8.95. The van der Waals surface area contributed by atoms with E-state index in [4.69, 9.17) is 0 Å². The first kappa shape index (κ1) is 10.7. The Labute approximate surface area is 105 Å². The molecule has 4 rings (SSSR count). The largest absolute Gasteiger partial charge is 0.177 e. The van der Waals surface area contributed by atoms with Gasteiger partial charge in [-0.1, -0.05) is 53.7 Å². The number of H-pyrrole nitrogens is 1. The fourth-order valence-corrected chi connectivity index (χ4v) is 2.21. The zero-order chi connectivity index (χ0) is 12.2. The molecule has 88 valence electrons. The van der Waals surface area contributed by atoms with E-state index >= 15 is 0 Å². The summed E-state index contributed by atoms with van der Waals surface area (Å²) >= 11 is 0. The van der Waals surface area contributed by atoms with E-state index in [1.807, 2.05) is 0 Å². The van der Waals surface area contributed by atoms with Gasteiger partial charge >= 0.3 is 0 Å². The summed E-state index contributed by atoms with van der Waals surface area (Å²) < 4.78 is 0. The van der Waals surface area contributed by atoms with Gasteiger partial charge in [0.1, 0.15) is 0 Å². The predicted octanol–water partition coefficient (Wildman–Crippen LogP) is 2.46. The van der Waals surface area contributed by atoms with Crippen LogP contribution in [0.1, 0.15) is 11.1 Å². The first-order valence-electron chi connectivity index (χ1n) is 5.78. The number of hydrogen-bond donors (Lipinski definition) is 1. The van der Waals surface area contributed by atoms with E-state index in [0.29, 0.717) is 0 Å². The molecule has 2 aromatic carbocycles. The van der Waals surface area contributed by atoms with E-state index in [1.54, 1.807) is 0 Å². The molecule has 3 aromatic rings. The second-order valence-corrected chi connectivity index (χ2v) is 4.05. The Hall–Kier alpha value is -2.49. The molecular weight excluding hydrogens is 224 g/mol. The number of aromatic amines is 1. The summed E-state index contributed by atoms with van der Waals surface area (Å²) in [5.74, 6) is 0. The monoisotopic (exact) mass is 236 g/mol. The highest BCUT2D eigenvalue weighted by Crippen LogP contribution is 2.35. The van der Waals surface area contributed by atoms with Crippen molar-refractivity contribution in [2.45, 2.75) is 6.42 Å². The van der Waals surface area contributed by atoms with E-state index in [9.17, 15) is 0 Å². The van der Waals surface area contributed by atoms with Crippen molar-refractivity contribution < 1.29 is 0 Å². The summed E-state index contributed by atoms with van der Waals surface area (Å²) in [6.07, 6.45) is 2.44. The molecule has 0 saturated carbocycles. The average molecular weight is 236 g/mol. The molecule has 0 aliphatic heterocycles. The molecule has 18 heavy (non-hydrogen) atoms. The summed E-state index contributed by atoms with van der Waals surface area (Å²) in [5, 5.41) is 12.2. The number of rotatable bonds is 0. The molecule has 1 heterocycles. The van der Waals surface area contributed by atoms with E-state index < -0.39 is 0 Å². The van der Waals surface area contributed by atoms with Gasteiger partial charge in [-0.25, -0.2) is 0 Å². The zero-order valence-corrected chi connectivity index (χ0v) is 9.74. The molecule has 0 fully saturated rings. The number of hydrogen-bond acceptors (Lipinski definition) is 3. The van der Waals surface area contributed by atoms with E-state index in [-0.39, 0.29) is 0 Å². The van der Waals surface area contributed by atoms with Crippen molar-refractivity contribution in [3.05, 3.63) is 66.0 Å². The van der Waals surface area contributed by atoms with Gasteiger partial charge in [0.15, 0.2) is 6.33 Å². The molecule has 1 aromatic heterocycles. The number of tetrazole rings is 1. The van der Waals surface area contributed by atoms with Crippen molar-refractivity contribution in [1.82, 2.24) is 20.6 Å². The maximum absolute atomic E-state index is 3.38. The Bertz CT molecular complexity index is 571. The normalized spacial score (nSPS) is 11.1. The topological polar surface area (TPSA) is 54.5 Å². The van der Waals surface area contributed by atoms with Crippen LogP contribution in [-0.2, 0) is 6.42 Å². The fourth-order valence-electron chi connectivity index (χ4n) is 2.21. The molecule has 0 atom stereocenters. The van der Waals surface area contributed by atoms with Gasteiger partial charge in [0, 0.05) is 0 Å².